The van der Waals surface area contributed by atoms with Crippen molar-refractivity contribution in [3.8, 4) is 34.5 Å². The SMILES string of the molecule is CN1CC[C@]23CCCC[C@H]2[C@H]1Cc1c(OC(=O)C(=O)Oc2cc(Oc4c(F)c(F)c(F)c(F)c4F)cc4c2C[C@@H]2[C@@H]5CCCC[C@]45CCN2C)cc(Oc2ccccc2)cc13.O. The van der Waals surface area contributed by atoms with Gasteiger partial charge in [-0.05, 0) is 126 Å². The minimum absolute atomic E-state index is 0. The fourth-order valence-corrected chi connectivity index (χ4v) is 12.5. The molecule has 9 nitrogen and oxygen atoms in total. The molecule has 6 atom stereocenters. The molecule has 328 valence electrons. The summed E-state index contributed by atoms with van der Waals surface area (Å²) in [6.07, 6.45) is 10.7. The lowest BCUT2D eigenvalue weighted by atomic mass is 9.52. The molecule has 4 bridgehead atoms. The molecule has 6 aliphatic rings. The number of hydrogen-bond acceptors (Lipinski definition) is 8. The molecule has 2 saturated carbocycles. The summed E-state index contributed by atoms with van der Waals surface area (Å²) in [4.78, 5) is 32.8. The van der Waals surface area contributed by atoms with E-state index < -0.39 is 52.2 Å². The number of hydrogen-bond donors (Lipinski definition) is 0. The van der Waals surface area contributed by atoms with Gasteiger partial charge < -0.3 is 34.2 Å². The minimum atomic E-state index is -2.31. The molecule has 4 aromatic carbocycles. The fraction of sp³-hybridized carbons (Fsp3) is 0.458. The summed E-state index contributed by atoms with van der Waals surface area (Å²) in [5.74, 6) is -13.5. The van der Waals surface area contributed by atoms with E-state index in [4.69, 9.17) is 18.9 Å². The first-order chi connectivity index (χ1) is 29.4. The zero-order valence-corrected chi connectivity index (χ0v) is 34.6. The Morgan fingerprint density at radius 3 is 1.52 bits per heavy atom. The summed E-state index contributed by atoms with van der Waals surface area (Å²) in [5, 5.41) is 0. The third kappa shape index (κ3) is 6.66. The molecule has 0 spiro atoms. The third-order valence-electron chi connectivity index (χ3n) is 15.3. The Morgan fingerprint density at radius 1 is 0.581 bits per heavy atom. The number of rotatable bonds is 6. The summed E-state index contributed by atoms with van der Waals surface area (Å²) in [6, 6.07) is 16.0. The molecular formula is C48H49F5N2O7. The number of likely N-dealkylation sites (N-methyl/N-ethyl adjacent to an activating group) is 2. The van der Waals surface area contributed by atoms with Gasteiger partial charge >= 0.3 is 11.9 Å². The molecule has 0 radical (unpaired) electrons. The van der Waals surface area contributed by atoms with Gasteiger partial charge in [0.1, 0.15) is 28.7 Å². The number of halogens is 5. The number of benzene rings is 4. The van der Waals surface area contributed by atoms with Crippen LogP contribution in [0.25, 0.3) is 0 Å². The quantitative estimate of drug-likeness (QED) is 0.0472. The van der Waals surface area contributed by atoms with Crippen LogP contribution in [0.2, 0.25) is 0 Å². The summed E-state index contributed by atoms with van der Waals surface area (Å²) < 4.78 is 96.6. The normalized spacial score (nSPS) is 27.3. The lowest BCUT2D eigenvalue weighted by molar-refractivity contribution is -0.156. The molecule has 0 aromatic heterocycles. The van der Waals surface area contributed by atoms with Crippen LogP contribution in [0.1, 0.15) is 86.5 Å². The lowest BCUT2D eigenvalue weighted by Crippen LogP contribution is -2.59. The molecule has 0 unspecified atom stereocenters. The van der Waals surface area contributed by atoms with E-state index in [0.29, 0.717) is 35.8 Å². The van der Waals surface area contributed by atoms with Gasteiger partial charge in [0.15, 0.2) is 0 Å². The Kier molecular flexibility index (Phi) is 10.9. The van der Waals surface area contributed by atoms with Crippen LogP contribution in [0.15, 0.2) is 54.6 Å². The van der Waals surface area contributed by atoms with Crippen LogP contribution in [-0.2, 0) is 33.3 Å². The van der Waals surface area contributed by atoms with Crippen molar-refractivity contribution in [1.29, 1.82) is 0 Å². The van der Waals surface area contributed by atoms with Crippen LogP contribution in [0, 0.1) is 40.9 Å². The molecular weight excluding hydrogens is 812 g/mol. The number of fused-ring (bicyclic) bond motifs is 2. The van der Waals surface area contributed by atoms with Gasteiger partial charge in [-0.3, -0.25) is 0 Å². The van der Waals surface area contributed by atoms with Crippen molar-refractivity contribution < 1.29 is 56.0 Å². The van der Waals surface area contributed by atoms with Gasteiger partial charge in [-0.15, -0.1) is 0 Å². The molecule has 4 fully saturated rings. The second-order valence-corrected chi connectivity index (χ2v) is 18.1. The standard InChI is InChI=1S/C48H47F5N2O6.H2O/c1-54-18-16-47-14-8-6-12-31(47)35(54)24-29-33(47)20-27(58-26-10-4-3-5-11-26)22-37(29)60-45(56)46(57)61-38-23-28(59-44-42(52)40(50)39(49)41(51)43(44)53)21-34-30(38)25-36-32-13-7-9-15-48(32,34)17-19-55(36)2;/h3-5,10-11,20-23,31-32,35-36H,6-9,12-19,24-25H2,1-2H3;1H2/t31-,32-,35+,36+,47+,48+;/m0./s1. The number of likely N-dealkylation sites (tertiary alicyclic amines) is 2. The van der Waals surface area contributed by atoms with E-state index in [0.717, 1.165) is 94.0 Å². The van der Waals surface area contributed by atoms with Gasteiger partial charge in [-0.1, -0.05) is 43.9 Å². The van der Waals surface area contributed by atoms with Crippen LogP contribution >= 0.6 is 0 Å². The van der Waals surface area contributed by atoms with Gasteiger partial charge in [0, 0.05) is 46.2 Å². The van der Waals surface area contributed by atoms with Crippen molar-refractivity contribution >= 4 is 11.9 Å². The highest BCUT2D eigenvalue weighted by Gasteiger charge is 2.56. The number of para-hydroxylation sites is 1. The Bertz CT molecular complexity index is 2420. The molecule has 4 aromatic rings. The summed E-state index contributed by atoms with van der Waals surface area (Å²) >= 11 is 0. The van der Waals surface area contributed by atoms with Gasteiger partial charge in [0.25, 0.3) is 0 Å². The van der Waals surface area contributed by atoms with E-state index in [1.807, 2.05) is 30.3 Å². The van der Waals surface area contributed by atoms with E-state index in [1.54, 1.807) is 12.1 Å². The number of nitrogens with zero attached hydrogens (tertiary/aromatic N) is 2. The van der Waals surface area contributed by atoms with Crippen molar-refractivity contribution in [2.75, 3.05) is 27.2 Å². The lowest BCUT2D eigenvalue weighted by Gasteiger charge is -2.58. The van der Waals surface area contributed by atoms with Crippen molar-refractivity contribution in [2.24, 2.45) is 11.8 Å². The predicted octanol–water partition coefficient (Wildman–Crippen LogP) is 9.03. The van der Waals surface area contributed by atoms with Crippen molar-refractivity contribution in [2.45, 2.75) is 100.0 Å². The third-order valence-corrected chi connectivity index (χ3v) is 15.3. The van der Waals surface area contributed by atoms with Gasteiger partial charge in [-0.25, -0.2) is 22.8 Å². The molecule has 2 N–H and O–H groups in total. The van der Waals surface area contributed by atoms with Gasteiger partial charge in [0.2, 0.25) is 34.8 Å². The Morgan fingerprint density at radius 2 is 1.03 bits per heavy atom. The number of esters is 2. The summed E-state index contributed by atoms with van der Waals surface area (Å²) in [6.45, 7) is 1.70. The van der Waals surface area contributed by atoms with Crippen LogP contribution in [0.5, 0.6) is 34.5 Å². The van der Waals surface area contributed by atoms with E-state index in [1.165, 1.54) is 6.07 Å². The zero-order chi connectivity index (χ0) is 42.4. The highest BCUT2D eigenvalue weighted by Crippen LogP contribution is 2.59. The molecule has 62 heavy (non-hydrogen) atoms. The van der Waals surface area contributed by atoms with Crippen molar-refractivity contribution in [3.05, 3.63) is 106 Å². The topological polar surface area (TPSA) is 109 Å². The van der Waals surface area contributed by atoms with E-state index >= 15 is 8.78 Å². The monoisotopic (exact) mass is 860 g/mol. The number of carbonyl (C=O) groups excluding carboxylic acids is 2. The first kappa shape index (κ1) is 42.3. The molecule has 2 aliphatic heterocycles. The van der Waals surface area contributed by atoms with Crippen LogP contribution < -0.4 is 18.9 Å². The molecule has 2 saturated heterocycles. The number of piperidine rings is 2. The maximum Gasteiger partial charge on any atom is 0.423 e. The predicted molar refractivity (Wildman–Crippen MR) is 217 cm³/mol. The Labute approximate surface area is 356 Å². The van der Waals surface area contributed by atoms with Gasteiger partial charge in [-0.2, -0.15) is 8.78 Å². The second kappa shape index (κ2) is 15.9. The molecule has 2 heterocycles. The first-order valence-electron chi connectivity index (χ1n) is 21.5. The van der Waals surface area contributed by atoms with E-state index in [9.17, 15) is 22.8 Å². The summed E-state index contributed by atoms with van der Waals surface area (Å²) in [7, 11) is 4.19. The minimum Gasteiger partial charge on any atom is -0.457 e. The van der Waals surface area contributed by atoms with Crippen LogP contribution in [0.4, 0.5) is 22.0 Å². The highest BCUT2D eigenvalue weighted by molar-refractivity contribution is 6.31. The van der Waals surface area contributed by atoms with E-state index in [2.05, 4.69) is 30.0 Å². The van der Waals surface area contributed by atoms with Crippen molar-refractivity contribution in [1.82, 2.24) is 9.80 Å². The van der Waals surface area contributed by atoms with Crippen LogP contribution in [0.3, 0.4) is 0 Å². The number of ether oxygens (including phenoxy) is 4. The maximum atomic E-state index is 15.0. The second-order valence-electron chi connectivity index (χ2n) is 18.1. The average Bonchev–Trinajstić information content (AvgIpc) is 3.27. The Balaban J connectivity index is 0.00000490. The largest absolute Gasteiger partial charge is 0.457 e. The van der Waals surface area contributed by atoms with E-state index in [-0.39, 0.29) is 46.1 Å². The molecule has 14 heteroatoms. The number of carbonyl (C=O) groups is 2. The van der Waals surface area contributed by atoms with Crippen molar-refractivity contribution in [3.63, 3.8) is 0 Å². The zero-order valence-electron chi connectivity index (χ0n) is 34.6. The first-order valence-corrected chi connectivity index (χ1v) is 21.5. The average molecular weight is 861 g/mol. The van der Waals surface area contributed by atoms with Crippen LogP contribution in [-0.4, -0.2) is 66.5 Å². The van der Waals surface area contributed by atoms with Gasteiger partial charge in [0.05, 0.1) is 0 Å². The Hall–Kier alpha value is -5.05. The molecule has 4 aliphatic carbocycles. The summed E-state index contributed by atoms with van der Waals surface area (Å²) in [5.41, 5.74) is 2.70. The maximum absolute atomic E-state index is 15.0. The highest BCUT2D eigenvalue weighted by atomic mass is 19.2. The molecule has 10 rings (SSSR count). The smallest absolute Gasteiger partial charge is 0.423 e. The fourth-order valence-electron chi connectivity index (χ4n) is 12.5. The molecule has 0 amide bonds.